The first-order valence-corrected chi connectivity index (χ1v) is 17.7. The van der Waals surface area contributed by atoms with Crippen molar-refractivity contribution in [3.63, 3.8) is 0 Å². The van der Waals surface area contributed by atoms with Crippen LogP contribution in [0.25, 0.3) is 10.9 Å². The molecule has 12 heteroatoms. The van der Waals surface area contributed by atoms with E-state index in [9.17, 15) is 23.1 Å². The van der Waals surface area contributed by atoms with E-state index in [4.69, 9.17) is 9.47 Å². The van der Waals surface area contributed by atoms with E-state index < -0.39 is 28.1 Å². The van der Waals surface area contributed by atoms with Crippen molar-refractivity contribution in [3.05, 3.63) is 63.9 Å². The molecule has 1 unspecified atom stereocenters. The summed E-state index contributed by atoms with van der Waals surface area (Å²) >= 11 is 0. The second-order valence-electron chi connectivity index (χ2n) is 13.2. The number of ether oxygens (including phenoxy) is 2. The van der Waals surface area contributed by atoms with Crippen LogP contribution in [-0.4, -0.2) is 92.7 Å². The predicted molar refractivity (Wildman–Crippen MR) is 173 cm³/mol. The van der Waals surface area contributed by atoms with Gasteiger partial charge in [-0.2, -0.15) is 12.7 Å². The number of hydrogen-bond donors (Lipinski definition) is 2. The smallest absolute Gasteiger partial charge is 0.303 e. The number of aliphatic hydroxyl groups excluding tert-OH is 1. The minimum absolute atomic E-state index is 0.0589. The molecule has 2 aromatic rings. The number of nitrogens with one attached hydrogen (secondary N) is 1. The monoisotopic (exact) mass is 650 g/mol. The van der Waals surface area contributed by atoms with Crippen molar-refractivity contribution in [2.24, 2.45) is 5.92 Å². The summed E-state index contributed by atoms with van der Waals surface area (Å²) in [7, 11) is 0.412. The Bertz CT molecular complexity index is 1800. The standard InChI is InChI=1S/C34H42N4O7S/c1-36(2)46(42,43)35-33(40)31-26-17-38-27(16-25-28(44-3)13-12-22(32(25)38)20-8-5-4-6-9-20)29-23(30(26)31)10-7-11-24(29)34(41)37-14-15-45-19-21(37)18-39/h7,10,12-13,16,20-21,24,29,39H,4-6,8-9,11,14-15,17-19H2,1-3H3,(H,35,40)/t21-,24-,29?/m1/s1. The van der Waals surface area contributed by atoms with E-state index in [0.29, 0.717) is 37.6 Å². The van der Waals surface area contributed by atoms with Crippen molar-refractivity contribution < 1.29 is 32.6 Å². The molecule has 2 amide bonds. The number of morpholine rings is 1. The SMILES string of the molecule is COc1ccc(C2CCCCC2)c2c1cc1n2CC2=C(C(=O)NS(=O)(=O)N(C)C)C2=C2C=CC[C@@H](C(=O)N3CCOC[C@H]3CO)C21. The number of hydrogen-bond acceptors (Lipinski definition) is 7. The number of fused-ring (bicyclic) bond motifs is 6. The lowest BCUT2D eigenvalue weighted by Crippen LogP contribution is -2.53. The molecular weight excluding hydrogens is 608 g/mol. The highest BCUT2D eigenvalue weighted by atomic mass is 32.2. The summed E-state index contributed by atoms with van der Waals surface area (Å²) in [4.78, 5) is 29.8. The van der Waals surface area contributed by atoms with Gasteiger partial charge in [-0.3, -0.25) is 9.59 Å². The van der Waals surface area contributed by atoms with Crippen molar-refractivity contribution in [1.29, 1.82) is 0 Å². The number of nitrogens with zero attached hydrogens (tertiary/aromatic N) is 3. The van der Waals surface area contributed by atoms with Crippen LogP contribution in [0, 0.1) is 5.92 Å². The Labute approximate surface area is 269 Å². The van der Waals surface area contributed by atoms with Crippen LogP contribution in [-0.2, 0) is 31.1 Å². The van der Waals surface area contributed by atoms with Crippen molar-refractivity contribution in [1.82, 2.24) is 18.5 Å². The van der Waals surface area contributed by atoms with Crippen LogP contribution in [0.15, 0.2) is 52.6 Å². The molecule has 7 rings (SSSR count). The molecule has 3 atom stereocenters. The second kappa shape index (κ2) is 12.0. The normalized spacial score (nSPS) is 24.9. The molecule has 2 fully saturated rings. The van der Waals surface area contributed by atoms with Gasteiger partial charge in [0.1, 0.15) is 5.75 Å². The van der Waals surface area contributed by atoms with Gasteiger partial charge in [-0.25, -0.2) is 4.72 Å². The maximum absolute atomic E-state index is 14.4. The van der Waals surface area contributed by atoms with E-state index >= 15 is 0 Å². The van der Waals surface area contributed by atoms with Gasteiger partial charge in [0.2, 0.25) is 5.91 Å². The highest BCUT2D eigenvalue weighted by molar-refractivity contribution is 7.87. The average molecular weight is 651 g/mol. The molecule has 1 saturated carbocycles. The minimum Gasteiger partial charge on any atom is -0.496 e. The van der Waals surface area contributed by atoms with Crippen molar-refractivity contribution in [2.45, 2.75) is 62.9 Å². The third-order valence-corrected chi connectivity index (χ3v) is 11.9. The quantitative estimate of drug-likeness (QED) is 0.471. The Balaban J connectivity index is 1.41. The topological polar surface area (TPSA) is 130 Å². The van der Waals surface area contributed by atoms with E-state index in [-0.39, 0.29) is 25.0 Å². The Morgan fingerprint density at radius 3 is 2.67 bits per heavy atom. The van der Waals surface area contributed by atoms with Gasteiger partial charge in [-0.1, -0.05) is 37.5 Å². The summed E-state index contributed by atoms with van der Waals surface area (Å²) in [5.74, 6) is -0.453. The number of aliphatic hydroxyl groups is 1. The zero-order valence-corrected chi connectivity index (χ0v) is 27.4. The van der Waals surface area contributed by atoms with Gasteiger partial charge < -0.3 is 24.0 Å². The van der Waals surface area contributed by atoms with Crippen LogP contribution < -0.4 is 9.46 Å². The zero-order chi connectivity index (χ0) is 32.3. The fourth-order valence-corrected chi connectivity index (χ4v) is 8.60. The second-order valence-corrected chi connectivity index (χ2v) is 15.1. The Kier molecular flexibility index (Phi) is 8.11. The molecule has 0 radical (unpaired) electrons. The van der Waals surface area contributed by atoms with Gasteiger partial charge in [-0.15, -0.1) is 0 Å². The van der Waals surface area contributed by atoms with Crippen molar-refractivity contribution >= 4 is 32.9 Å². The first kappa shape index (κ1) is 31.2. The lowest BCUT2D eigenvalue weighted by atomic mass is 9.75. The Hall–Kier alpha value is -3.45. The van der Waals surface area contributed by atoms with Crippen LogP contribution in [0.1, 0.15) is 61.6 Å². The van der Waals surface area contributed by atoms with Crippen LogP contribution in [0.5, 0.6) is 5.75 Å². The third kappa shape index (κ3) is 5.10. The highest BCUT2D eigenvalue weighted by Gasteiger charge is 2.48. The number of allylic oxidation sites excluding steroid dienone is 4. The van der Waals surface area contributed by atoms with Gasteiger partial charge >= 0.3 is 10.2 Å². The number of rotatable bonds is 7. The van der Waals surface area contributed by atoms with E-state index in [1.54, 1.807) is 12.0 Å². The molecule has 246 valence electrons. The lowest BCUT2D eigenvalue weighted by molar-refractivity contribution is -0.146. The summed E-state index contributed by atoms with van der Waals surface area (Å²) in [5, 5.41) is 11.1. The molecule has 0 bridgehead atoms. The van der Waals surface area contributed by atoms with Crippen LogP contribution in [0.4, 0.5) is 0 Å². The maximum atomic E-state index is 14.4. The highest BCUT2D eigenvalue weighted by Crippen LogP contribution is 2.55. The molecular formula is C34H42N4O7S. The number of carbonyl (C=O) groups excluding carboxylic acids is 2. The molecule has 1 saturated heterocycles. The van der Waals surface area contributed by atoms with E-state index in [1.807, 2.05) is 18.2 Å². The fourth-order valence-electron chi connectivity index (χ4n) is 8.08. The Morgan fingerprint density at radius 2 is 1.96 bits per heavy atom. The fraction of sp³-hybridized carbons (Fsp3) is 0.529. The van der Waals surface area contributed by atoms with E-state index in [0.717, 1.165) is 56.2 Å². The number of amides is 2. The van der Waals surface area contributed by atoms with Gasteiger partial charge in [0.25, 0.3) is 5.91 Å². The summed E-state index contributed by atoms with van der Waals surface area (Å²) in [5.41, 5.74) is 6.04. The molecule has 5 aliphatic rings. The van der Waals surface area contributed by atoms with Gasteiger partial charge in [0, 0.05) is 44.2 Å². The molecule has 1 aromatic heterocycles. The number of aromatic nitrogens is 1. The van der Waals surface area contributed by atoms with Gasteiger partial charge in [-0.05, 0) is 59.6 Å². The number of carbonyl (C=O) groups is 2. The average Bonchev–Trinajstić information content (AvgIpc) is 3.70. The lowest BCUT2D eigenvalue weighted by Gasteiger charge is -2.39. The molecule has 11 nitrogen and oxygen atoms in total. The molecule has 46 heavy (non-hydrogen) atoms. The van der Waals surface area contributed by atoms with Crippen molar-refractivity contribution in [3.8, 4) is 5.75 Å². The van der Waals surface area contributed by atoms with Gasteiger partial charge in [0.15, 0.2) is 0 Å². The van der Waals surface area contributed by atoms with E-state index in [2.05, 4.69) is 21.4 Å². The predicted octanol–water partition coefficient (Wildman–Crippen LogP) is 3.12. The largest absolute Gasteiger partial charge is 0.496 e. The van der Waals surface area contributed by atoms with Gasteiger partial charge in [0.05, 0.1) is 50.0 Å². The molecule has 0 spiro atoms. The van der Waals surface area contributed by atoms with Crippen LogP contribution in [0.3, 0.4) is 0 Å². The molecule has 3 aliphatic carbocycles. The molecule has 1 aromatic carbocycles. The summed E-state index contributed by atoms with van der Waals surface area (Å²) in [6.07, 6.45) is 10.2. The van der Waals surface area contributed by atoms with Crippen LogP contribution in [0.2, 0.25) is 0 Å². The third-order valence-electron chi connectivity index (χ3n) is 10.5. The zero-order valence-electron chi connectivity index (χ0n) is 26.6. The number of methoxy groups -OCH3 is 1. The minimum atomic E-state index is -4.01. The molecule has 2 N–H and O–H groups in total. The summed E-state index contributed by atoms with van der Waals surface area (Å²) in [6.45, 7) is 1.28. The first-order valence-electron chi connectivity index (χ1n) is 16.2. The maximum Gasteiger partial charge on any atom is 0.303 e. The van der Waals surface area contributed by atoms with Crippen molar-refractivity contribution in [2.75, 3.05) is 47.6 Å². The first-order chi connectivity index (χ1) is 22.2. The molecule has 2 aliphatic heterocycles. The summed E-state index contributed by atoms with van der Waals surface area (Å²) in [6, 6.07) is 5.95. The van der Waals surface area contributed by atoms with E-state index in [1.165, 1.54) is 38.9 Å². The molecule has 3 heterocycles. The summed E-state index contributed by atoms with van der Waals surface area (Å²) < 4.78 is 42.3. The number of benzene rings is 1. The Morgan fingerprint density at radius 1 is 1.17 bits per heavy atom. The van der Waals surface area contributed by atoms with Crippen LogP contribution >= 0.6 is 0 Å².